The van der Waals surface area contributed by atoms with Gasteiger partial charge in [-0.2, -0.15) is 0 Å². The van der Waals surface area contributed by atoms with Gasteiger partial charge in [0.15, 0.2) is 0 Å². The maximum Gasteiger partial charge on any atom is 0.240 e. The summed E-state index contributed by atoms with van der Waals surface area (Å²) >= 11 is 0. The van der Waals surface area contributed by atoms with Gasteiger partial charge in [0.1, 0.15) is 0 Å². The van der Waals surface area contributed by atoms with Crippen LogP contribution in [0.3, 0.4) is 0 Å². The summed E-state index contributed by atoms with van der Waals surface area (Å²) < 4.78 is 26.0. The van der Waals surface area contributed by atoms with Gasteiger partial charge in [-0.3, -0.25) is 0 Å². The first kappa shape index (κ1) is 15.9. The zero-order valence-corrected chi connectivity index (χ0v) is 12.4. The van der Waals surface area contributed by atoms with Gasteiger partial charge in [-0.05, 0) is 37.1 Å². The number of hydrogen-bond donors (Lipinski definition) is 3. The molecule has 5 nitrogen and oxygen atoms in total. The Balaban J connectivity index is 2.77. The van der Waals surface area contributed by atoms with Crippen molar-refractivity contribution in [3.8, 4) is 0 Å². The topological polar surface area (TPSA) is 78.4 Å². The third-order valence-electron chi connectivity index (χ3n) is 3.03. The quantitative estimate of drug-likeness (QED) is 0.708. The van der Waals surface area contributed by atoms with Crippen molar-refractivity contribution in [1.82, 2.24) is 4.72 Å². The van der Waals surface area contributed by atoms with Crippen LogP contribution >= 0.6 is 0 Å². The summed E-state index contributed by atoms with van der Waals surface area (Å²) in [6, 6.07) is 6.70. The molecule has 0 aliphatic rings. The highest BCUT2D eigenvalue weighted by Gasteiger charge is 2.13. The fourth-order valence-corrected chi connectivity index (χ4v) is 2.61. The van der Waals surface area contributed by atoms with Gasteiger partial charge in [-0.15, -0.1) is 0 Å². The van der Waals surface area contributed by atoms with Gasteiger partial charge in [0.2, 0.25) is 10.0 Å². The molecule has 0 radical (unpaired) electrons. The molecule has 0 saturated carbocycles. The molecule has 0 amide bonds. The predicted molar refractivity (Wildman–Crippen MR) is 76.6 cm³/mol. The normalized spacial score (nSPS) is 14.9. The van der Waals surface area contributed by atoms with Crippen molar-refractivity contribution in [2.45, 2.75) is 31.7 Å². The molecule has 0 heterocycles. The second kappa shape index (κ2) is 6.88. The van der Waals surface area contributed by atoms with Gasteiger partial charge in [0, 0.05) is 24.9 Å². The highest BCUT2D eigenvalue weighted by molar-refractivity contribution is 7.89. The number of anilines is 1. The van der Waals surface area contributed by atoms with E-state index in [0.717, 1.165) is 5.69 Å². The van der Waals surface area contributed by atoms with E-state index >= 15 is 0 Å². The lowest BCUT2D eigenvalue weighted by Crippen LogP contribution is -2.26. The molecule has 0 spiro atoms. The van der Waals surface area contributed by atoms with E-state index in [4.69, 9.17) is 5.11 Å². The number of rotatable bonds is 7. The van der Waals surface area contributed by atoms with E-state index in [1.165, 1.54) is 0 Å². The third kappa shape index (κ3) is 4.49. The summed E-state index contributed by atoms with van der Waals surface area (Å²) in [6.45, 7) is 6.14. The van der Waals surface area contributed by atoms with Crippen LogP contribution in [0.5, 0.6) is 0 Å². The SMILES string of the molecule is CCNS(=O)(=O)c1ccc(NC(C)C(C)CO)cc1. The number of nitrogens with one attached hydrogen (secondary N) is 2. The summed E-state index contributed by atoms with van der Waals surface area (Å²) in [7, 11) is -3.39. The molecule has 0 bridgehead atoms. The van der Waals surface area contributed by atoms with E-state index in [1.54, 1.807) is 31.2 Å². The van der Waals surface area contributed by atoms with Gasteiger partial charge in [-0.1, -0.05) is 13.8 Å². The predicted octanol–water partition coefficient (Wildman–Crippen LogP) is 1.41. The van der Waals surface area contributed by atoms with Crippen molar-refractivity contribution in [3.63, 3.8) is 0 Å². The van der Waals surface area contributed by atoms with Crippen molar-refractivity contribution in [2.75, 3.05) is 18.5 Å². The number of benzene rings is 1. The molecule has 108 valence electrons. The van der Waals surface area contributed by atoms with Gasteiger partial charge in [0.05, 0.1) is 4.90 Å². The third-order valence-corrected chi connectivity index (χ3v) is 4.60. The Bertz CT molecular complexity index is 485. The van der Waals surface area contributed by atoms with Crippen molar-refractivity contribution >= 4 is 15.7 Å². The van der Waals surface area contributed by atoms with Crippen molar-refractivity contribution in [3.05, 3.63) is 24.3 Å². The lowest BCUT2D eigenvalue weighted by molar-refractivity contribution is 0.226. The molecule has 1 rings (SSSR count). The average Bonchev–Trinajstić information content (AvgIpc) is 2.38. The van der Waals surface area contributed by atoms with E-state index in [2.05, 4.69) is 10.0 Å². The van der Waals surface area contributed by atoms with Crippen LogP contribution in [0.25, 0.3) is 0 Å². The first-order chi connectivity index (χ1) is 8.90. The number of aliphatic hydroxyl groups is 1. The van der Waals surface area contributed by atoms with Crippen LogP contribution < -0.4 is 10.0 Å². The molecule has 0 aliphatic heterocycles. The maximum absolute atomic E-state index is 11.8. The highest BCUT2D eigenvalue weighted by Crippen LogP contribution is 2.16. The Labute approximate surface area is 115 Å². The van der Waals surface area contributed by atoms with Crippen LogP contribution in [-0.2, 0) is 10.0 Å². The molecule has 19 heavy (non-hydrogen) atoms. The van der Waals surface area contributed by atoms with Crippen LogP contribution in [0.4, 0.5) is 5.69 Å². The summed E-state index contributed by atoms with van der Waals surface area (Å²) in [4.78, 5) is 0.253. The Morgan fingerprint density at radius 2 is 1.79 bits per heavy atom. The minimum atomic E-state index is -3.39. The van der Waals surface area contributed by atoms with E-state index < -0.39 is 10.0 Å². The second-order valence-electron chi connectivity index (χ2n) is 4.62. The summed E-state index contributed by atoms with van der Waals surface area (Å²) in [5.41, 5.74) is 0.836. The molecule has 0 fully saturated rings. The monoisotopic (exact) mass is 286 g/mol. The molecule has 0 saturated heterocycles. The second-order valence-corrected chi connectivity index (χ2v) is 6.39. The van der Waals surface area contributed by atoms with Crippen molar-refractivity contribution < 1.29 is 13.5 Å². The van der Waals surface area contributed by atoms with Gasteiger partial charge in [0.25, 0.3) is 0 Å². The van der Waals surface area contributed by atoms with Crippen LogP contribution in [0.15, 0.2) is 29.2 Å². The van der Waals surface area contributed by atoms with Gasteiger partial charge in [-0.25, -0.2) is 13.1 Å². The minimum Gasteiger partial charge on any atom is -0.396 e. The molecular weight excluding hydrogens is 264 g/mol. The number of hydrogen-bond acceptors (Lipinski definition) is 4. The lowest BCUT2D eigenvalue weighted by atomic mass is 10.1. The molecule has 3 N–H and O–H groups in total. The largest absolute Gasteiger partial charge is 0.396 e. The smallest absolute Gasteiger partial charge is 0.240 e. The van der Waals surface area contributed by atoms with Crippen LogP contribution in [0.1, 0.15) is 20.8 Å². The lowest BCUT2D eigenvalue weighted by Gasteiger charge is -2.20. The van der Waals surface area contributed by atoms with Crippen LogP contribution in [0, 0.1) is 5.92 Å². The minimum absolute atomic E-state index is 0.112. The van der Waals surface area contributed by atoms with E-state index in [-0.39, 0.29) is 23.5 Å². The number of aliphatic hydroxyl groups excluding tert-OH is 1. The zero-order chi connectivity index (χ0) is 14.5. The molecule has 6 heteroatoms. The van der Waals surface area contributed by atoms with Crippen molar-refractivity contribution in [2.24, 2.45) is 5.92 Å². The molecule has 1 aromatic rings. The molecule has 2 atom stereocenters. The summed E-state index contributed by atoms with van der Waals surface area (Å²) in [5.74, 6) is 0.130. The fourth-order valence-electron chi connectivity index (χ4n) is 1.57. The summed E-state index contributed by atoms with van der Waals surface area (Å²) in [5, 5.41) is 12.3. The molecule has 0 aromatic heterocycles. The maximum atomic E-state index is 11.8. The van der Waals surface area contributed by atoms with Gasteiger partial charge >= 0.3 is 0 Å². The first-order valence-corrected chi connectivity index (χ1v) is 7.86. The Hall–Kier alpha value is -1.11. The Kier molecular flexibility index (Phi) is 5.78. The molecule has 0 aliphatic carbocycles. The van der Waals surface area contributed by atoms with Gasteiger partial charge < -0.3 is 10.4 Å². The fraction of sp³-hybridized carbons (Fsp3) is 0.538. The average molecular weight is 286 g/mol. The highest BCUT2D eigenvalue weighted by atomic mass is 32.2. The standard InChI is InChI=1S/C13H22N2O3S/c1-4-14-19(17,18)13-7-5-12(6-8-13)15-11(3)10(2)9-16/h5-8,10-11,14-16H,4,9H2,1-3H3. The Morgan fingerprint density at radius 1 is 1.21 bits per heavy atom. The first-order valence-electron chi connectivity index (χ1n) is 6.37. The summed E-state index contributed by atoms with van der Waals surface area (Å²) in [6.07, 6.45) is 0. The molecular formula is C13H22N2O3S. The molecule has 1 aromatic carbocycles. The van der Waals surface area contributed by atoms with Crippen LogP contribution in [-0.4, -0.2) is 32.7 Å². The Morgan fingerprint density at radius 3 is 2.26 bits per heavy atom. The van der Waals surface area contributed by atoms with Crippen LogP contribution in [0.2, 0.25) is 0 Å². The van der Waals surface area contributed by atoms with E-state index in [1.807, 2.05) is 13.8 Å². The van der Waals surface area contributed by atoms with Crippen molar-refractivity contribution in [1.29, 1.82) is 0 Å². The molecule has 2 unspecified atom stereocenters. The van der Waals surface area contributed by atoms with E-state index in [9.17, 15) is 8.42 Å². The number of sulfonamides is 1. The zero-order valence-electron chi connectivity index (χ0n) is 11.6. The van der Waals surface area contributed by atoms with E-state index in [0.29, 0.717) is 6.54 Å².